The number of piperidine rings is 6. The SMILES string of the molecule is BrCC1CCOCC1.C.O=C1CCC(N2Cc3cc(OC[C@H]4CCCCN4Cc4ccc(C5CCN(CC6CCOCC6)CC5)cc4)ccc3C2=O)C(=O)N1.O=C1CCC(N2Cc3cc(OC[C@H]4CCCCN4Cc4ccc(C5CCNCC5)cc4)ccc3C2=O)C(=O)N1. The highest BCUT2D eigenvalue weighted by Crippen LogP contribution is 2.35. The fourth-order valence-corrected chi connectivity index (χ4v) is 16.3. The third-order valence-electron chi connectivity index (χ3n) is 21.4. The van der Waals surface area contributed by atoms with E-state index in [-0.39, 0.29) is 55.7 Å². The average molecular weight is 1350 g/mol. The topological polar surface area (TPSA) is 192 Å². The molecular formula is C75H101BrN8O10. The summed E-state index contributed by atoms with van der Waals surface area (Å²) in [7, 11) is 0. The van der Waals surface area contributed by atoms with Crippen LogP contribution in [-0.2, 0) is 54.8 Å². The summed E-state index contributed by atoms with van der Waals surface area (Å²) in [4.78, 5) is 84.8. The minimum Gasteiger partial charge on any atom is -0.492 e. The molecule has 19 heteroatoms. The summed E-state index contributed by atoms with van der Waals surface area (Å²) in [6.45, 7) is 15.6. The summed E-state index contributed by atoms with van der Waals surface area (Å²) in [6, 6.07) is 29.4. The van der Waals surface area contributed by atoms with Crippen LogP contribution >= 0.6 is 15.9 Å². The second kappa shape index (κ2) is 33.7. The van der Waals surface area contributed by atoms with Crippen LogP contribution in [0.2, 0.25) is 0 Å². The van der Waals surface area contributed by atoms with Gasteiger partial charge in [0.25, 0.3) is 11.8 Å². The lowest BCUT2D eigenvalue weighted by atomic mass is 9.88. The number of alkyl halides is 1. The van der Waals surface area contributed by atoms with Crippen molar-refractivity contribution in [2.24, 2.45) is 11.8 Å². The smallest absolute Gasteiger partial charge is 0.255 e. The predicted molar refractivity (Wildman–Crippen MR) is 366 cm³/mol. The normalized spacial score (nSPS) is 24.6. The average Bonchev–Trinajstić information content (AvgIpc) is 1.69. The summed E-state index contributed by atoms with van der Waals surface area (Å²) in [5.41, 5.74) is 8.62. The minimum atomic E-state index is -0.605. The Bertz CT molecular complexity index is 3200. The van der Waals surface area contributed by atoms with Gasteiger partial charge in [-0.1, -0.05) is 84.7 Å². The number of hydrogen-bond donors (Lipinski definition) is 3. The first-order valence-corrected chi connectivity index (χ1v) is 36.2. The molecule has 0 saturated carbocycles. The van der Waals surface area contributed by atoms with Gasteiger partial charge in [-0.15, -0.1) is 0 Å². The van der Waals surface area contributed by atoms with Gasteiger partial charge in [-0.25, -0.2) is 0 Å². The van der Waals surface area contributed by atoms with E-state index >= 15 is 0 Å². The maximum atomic E-state index is 13.1. The first-order chi connectivity index (χ1) is 45.5. The Labute approximate surface area is 565 Å². The quantitative estimate of drug-likeness (QED) is 0.0668. The van der Waals surface area contributed by atoms with Gasteiger partial charge in [0.05, 0.1) is 0 Å². The van der Waals surface area contributed by atoms with E-state index in [0.717, 1.165) is 118 Å². The van der Waals surface area contributed by atoms with Crippen LogP contribution < -0.4 is 25.4 Å². The molecule has 10 aliphatic rings. The van der Waals surface area contributed by atoms with Crippen LogP contribution in [0.1, 0.15) is 189 Å². The summed E-state index contributed by atoms with van der Waals surface area (Å²) >= 11 is 3.46. The van der Waals surface area contributed by atoms with Crippen molar-refractivity contribution in [3.8, 4) is 11.5 Å². The van der Waals surface area contributed by atoms with Crippen LogP contribution in [0.15, 0.2) is 84.9 Å². The summed E-state index contributed by atoms with van der Waals surface area (Å²) in [6.07, 6.45) is 18.1. The van der Waals surface area contributed by atoms with Gasteiger partial charge in [-0.05, 0) is 223 Å². The van der Waals surface area contributed by atoms with E-state index in [2.05, 4.69) is 95.1 Å². The van der Waals surface area contributed by atoms with Gasteiger partial charge >= 0.3 is 0 Å². The van der Waals surface area contributed by atoms with E-state index < -0.39 is 12.1 Å². The number of amides is 6. The van der Waals surface area contributed by atoms with E-state index in [1.807, 2.05) is 30.3 Å². The molecule has 10 aliphatic heterocycles. The fraction of sp³-hybridized carbons (Fsp3) is 0.600. The summed E-state index contributed by atoms with van der Waals surface area (Å²) < 4.78 is 23.3. The maximum Gasteiger partial charge on any atom is 0.255 e. The molecule has 4 atom stereocenters. The summed E-state index contributed by atoms with van der Waals surface area (Å²) in [5.74, 6) is 2.90. The highest BCUT2D eigenvalue weighted by atomic mass is 79.9. The third kappa shape index (κ3) is 17.9. The largest absolute Gasteiger partial charge is 0.492 e. The molecule has 8 fully saturated rings. The van der Waals surface area contributed by atoms with Crippen molar-refractivity contribution in [3.63, 3.8) is 0 Å². The molecule has 8 saturated heterocycles. The van der Waals surface area contributed by atoms with Crippen molar-refractivity contribution in [1.29, 1.82) is 0 Å². The molecule has 18 nitrogen and oxygen atoms in total. The van der Waals surface area contributed by atoms with Crippen LogP contribution in [0.3, 0.4) is 0 Å². The molecule has 2 unspecified atom stereocenters. The first kappa shape index (κ1) is 69.3. The Hall–Kier alpha value is -6.06. The number of rotatable bonds is 17. The van der Waals surface area contributed by atoms with Gasteiger partial charge in [0.15, 0.2) is 0 Å². The number of fused-ring (bicyclic) bond motifs is 2. The predicted octanol–water partition coefficient (Wildman–Crippen LogP) is 10.3. The molecular weight excluding hydrogens is 1250 g/mol. The Morgan fingerprint density at radius 2 is 0.936 bits per heavy atom. The van der Waals surface area contributed by atoms with Crippen molar-refractivity contribution in [3.05, 3.63) is 129 Å². The fourth-order valence-electron chi connectivity index (χ4n) is 15.6. The molecule has 0 spiro atoms. The molecule has 94 heavy (non-hydrogen) atoms. The zero-order valence-electron chi connectivity index (χ0n) is 54.4. The molecule has 14 rings (SSSR count). The first-order valence-electron chi connectivity index (χ1n) is 35.1. The number of nitrogens with zero attached hydrogens (tertiary/aromatic N) is 5. The molecule has 10 heterocycles. The lowest BCUT2D eigenvalue weighted by Crippen LogP contribution is -2.52. The standard InChI is InChI=1S/C37H48N4O5.C31H38N4O4.C6H11BrO.CH4/c42-35-11-10-34(36(43)38-35)41-24-30-21-32(8-9-33(30)37(41)44)46-25-31-3-1-2-16-40(31)23-26-4-6-28(7-5-26)29-12-17-39(18-13-29)22-27-14-19-45-20-15-27;36-29-11-10-28(30(37)33-29)35-19-24-17-26(8-9-27(24)31(35)38)39-20-25-3-1-2-16-34(25)18-21-4-6-22(7-5-21)23-12-14-32-15-13-23;7-5-6-1-3-8-4-2-6;/h4-9,21,27,29,31,34H,1-3,10-20,22-25H2,(H,38,42,43);4-9,17,23,25,28,32H,1-3,10-16,18-20H2,(H,33,36,37);6H,1-5H2;1H4/t31-,34?;25-,28?;;/m11../s1. The highest BCUT2D eigenvalue weighted by molar-refractivity contribution is 9.09. The van der Waals surface area contributed by atoms with Crippen LogP contribution in [0.4, 0.5) is 0 Å². The maximum absolute atomic E-state index is 13.1. The zero-order chi connectivity index (χ0) is 64.0. The van der Waals surface area contributed by atoms with Crippen molar-refractivity contribution in [1.82, 2.24) is 40.4 Å². The van der Waals surface area contributed by atoms with Crippen molar-refractivity contribution < 1.29 is 47.7 Å². The van der Waals surface area contributed by atoms with Crippen molar-refractivity contribution in [2.45, 2.75) is 185 Å². The van der Waals surface area contributed by atoms with Gasteiger partial charge in [0, 0.05) is 101 Å². The van der Waals surface area contributed by atoms with Gasteiger partial charge in [-0.2, -0.15) is 0 Å². The Morgan fingerprint density at radius 3 is 1.37 bits per heavy atom. The third-order valence-corrected chi connectivity index (χ3v) is 22.3. The van der Waals surface area contributed by atoms with Crippen LogP contribution in [0, 0.1) is 11.8 Å². The van der Waals surface area contributed by atoms with Gasteiger partial charge in [0.1, 0.15) is 36.8 Å². The molecule has 4 aromatic rings. The number of ether oxygens (including phenoxy) is 4. The van der Waals surface area contributed by atoms with E-state index in [9.17, 15) is 28.8 Å². The number of likely N-dealkylation sites (tertiary alicyclic amines) is 3. The number of imide groups is 2. The molecule has 0 aromatic heterocycles. The van der Waals surface area contributed by atoms with Gasteiger partial charge in [0.2, 0.25) is 23.6 Å². The Kier molecular flexibility index (Phi) is 24.9. The lowest BCUT2D eigenvalue weighted by Gasteiger charge is -2.36. The number of nitrogens with one attached hydrogen (secondary N) is 3. The zero-order valence-corrected chi connectivity index (χ0v) is 55.9. The number of halogens is 1. The van der Waals surface area contributed by atoms with Crippen molar-refractivity contribution in [2.75, 3.05) is 90.8 Å². The number of benzene rings is 4. The van der Waals surface area contributed by atoms with E-state index in [0.29, 0.717) is 74.2 Å². The number of carbonyl (C=O) groups excluding carboxylic acids is 6. The second-order valence-corrected chi connectivity index (χ2v) is 28.3. The van der Waals surface area contributed by atoms with E-state index in [4.69, 9.17) is 18.9 Å². The van der Waals surface area contributed by atoms with Gasteiger partial charge in [-0.3, -0.25) is 49.2 Å². The summed E-state index contributed by atoms with van der Waals surface area (Å²) in [5, 5.41) is 9.32. The Balaban J connectivity index is 0.000000171. The molecule has 0 radical (unpaired) electrons. The minimum absolute atomic E-state index is 0. The van der Waals surface area contributed by atoms with Crippen LogP contribution in [0.25, 0.3) is 0 Å². The van der Waals surface area contributed by atoms with Crippen LogP contribution in [0.5, 0.6) is 11.5 Å². The van der Waals surface area contributed by atoms with E-state index in [1.165, 1.54) is 119 Å². The second-order valence-electron chi connectivity index (χ2n) is 27.6. The number of hydrogen-bond acceptors (Lipinski definition) is 14. The molecule has 0 aliphatic carbocycles. The van der Waals surface area contributed by atoms with Gasteiger partial charge < -0.3 is 39.0 Å². The molecule has 4 aromatic carbocycles. The molecule has 6 amide bonds. The molecule has 3 N–H and O–H groups in total. The van der Waals surface area contributed by atoms with E-state index in [1.54, 1.807) is 15.9 Å². The monoisotopic (exact) mass is 1350 g/mol. The number of carbonyl (C=O) groups is 6. The lowest BCUT2D eigenvalue weighted by molar-refractivity contribution is -0.138. The molecule has 508 valence electrons. The van der Waals surface area contributed by atoms with Crippen molar-refractivity contribution >= 4 is 51.4 Å². The van der Waals surface area contributed by atoms with Crippen LogP contribution in [-0.4, -0.2) is 175 Å². The Morgan fingerprint density at radius 1 is 0.489 bits per heavy atom. The molecule has 0 bridgehead atoms. The highest BCUT2D eigenvalue weighted by Gasteiger charge is 2.41.